The van der Waals surface area contributed by atoms with Gasteiger partial charge in [-0.1, -0.05) is 53.9 Å². The largest absolute Gasteiger partial charge is 0.481 e. The summed E-state index contributed by atoms with van der Waals surface area (Å²) in [5, 5.41) is 8.65. The molecule has 0 aromatic heterocycles. The van der Waals surface area contributed by atoms with Gasteiger partial charge in [0.05, 0.1) is 0 Å². The number of unbranched alkanes of at least 4 members (excludes halogenated alkanes) is 3. The number of aliphatic carboxylic acids is 1. The first-order valence-corrected chi connectivity index (χ1v) is 8.69. The van der Waals surface area contributed by atoms with Crippen LogP contribution >= 0.6 is 0 Å². The Labute approximate surface area is 135 Å². The predicted octanol–water partition coefficient (Wildman–Crippen LogP) is 4.81. The fourth-order valence-corrected chi connectivity index (χ4v) is 3.01. The summed E-state index contributed by atoms with van der Waals surface area (Å²) in [6, 6.07) is 0. The van der Waals surface area contributed by atoms with Gasteiger partial charge in [0.2, 0.25) is 0 Å². The lowest BCUT2D eigenvalue weighted by Crippen LogP contribution is -2.45. The Morgan fingerprint density at radius 1 is 0.955 bits per heavy atom. The molecule has 0 aliphatic rings. The highest BCUT2D eigenvalue weighted by Gasteiger charge is 2.40. The molecule has 0 radical (unpaired) electrons. The van der Waals surface area contributed by atoms with Crippen LogP contribution in [0, 0.1) is 11.8 Å². The molecule has 22 heavy (non-hydrogen) atoms. The number of carbonyl (C=O) groups excluding carboxylic acids is 1. The first-order valence-electron chi connectivity index (χ1n) is 8.69. The van der Waals surface area contributed by atoms with Crippen LogP contribution in [0.4, 0.5) is 0 Å². The summed E-state index contributed by atoms with van der Waals surface area (Å²) in [4.78, 5) is 22.7. The smallest absolute Gasteiger partial charge is 0.306 e. The average molecular weight is 314 g/mol. The molecule has 0 unspecified atom stereocenters. The number of carbonyl (C=O) groups is 2. The van der Waals surface area contributed by atoms with Gasteiger partial charge >= 0.3 is 11.9 Å². The molecule has 0 atom stereocenters. The highest BCUT2D eigenvalue weighted by molar-refractivity contribution is 5.72. The summed E-state index contributed by atoms with van der Waals surface area (Å²) in [6.45, 7) is 10.6. The molecule has 0 amide bonds. The Kier molecular flexibility index (Phi) is 10.1. The summed E-state index contributed by atoms with van der Waals surface area (Å²) in [5.74, 6) is -0.638. The molecule has 0 aliphatic heterocycles. The van der Waals surface area contributed by atoms with Crippen molar-refractivity contribution in [3.05, 3.63) is 0 Å². The van der Waals surface area contributed by atoms with Crippen molar-refractivity contribution in [3.8, 4) is 0 Å². The maximum absolute atomic E-state index is 12.1. The van der Waals surface area contributed by atoms with Gasteiger partial charge in [0.15, 0.2) is 0 Å². The van der Waals surface area contributed by atoms with E-state index in [0.717, 1.165) is 19.3 Å². The Morgan fingerprint density at radius 3 is 2.00 bits per heavy atom. The molecule has 0 aromatic rings. The van der Waals surface area contributed by atoms with Gasteiger partial charge in [0.25, 0.3) is 0 Å². The van der Waals surface area contributed by atoms with Crippen LogP contribution in [0.25, 0.3) is 0 Å². The number of carboxylic acids is 1. The van der Waals surface area contributed by atoms with E-state index in [4.69, 9.17) is 9.84 Å². The van der Waals surface area contributed by atoms with E-state index in [1.807, 2.05) is 0 Å². The van der Waals surface area contributed by atoms with Crippen LogP contribution < -0.4 is 0 Å². The third-order valence-electron chi connectivity index (χ3n) is 4.45. The second-order valence-electron chi connectivity index (χ2n) is 6.80. The first kappa shape index (κ1) is 20.9. The molecule has 0 fully saturated rings. The van der Waals surface area contributed by atoms with Crippen molar-refractivity contribution in [1.82, 2.24) is 0 Å². The maximum atomic E-state index is 12.1. The van der Waals surface area contributed by atoms with E-state index in [0.29, 0.717) is 6.42 Å². The molecule has 0 bridgehead atoms. The maximum Gasteiger partial charge on any atom is 0.306 e. The SMILES string of the molecule is CCCCCCC(OC(=O)CCCC(=O)O)(C(C)C)C(C)C. The quantitative estimate of drug-likeness (QED) is 0.415. The highest BCUT2D eigenvalue weighted by Crippen LogP contribution is 2.36. The molecule has 130 valence electrons. The highest BCUT2D eigenvalue weighted by atomic mass is 16.6. The normalized spacial score (nSPS) is 12.0. The summed E-state index contributed by atoms with van der Waals surface area (Å²) >= 11 is 0. The number of hydrogen-bond donors (Lipinski definition) is 1. The average Bonchev–Trinajstić information content (AvgIpc) is 2.41. The lowest BCUT2D eigenvalue weighted by molar-refractivity contribution is -0.174. The fraction of sp³-hybridized carbons (Fsp3) is 0.889. The van der Waals surface area contributed by atoms with E-state index in [9.17, 15) is 9.59 Å². The predicted molar refractivity (Wildman–Crippen MR) is 88.7 cm³/mol. The van der Waals surface area contributed by atoms with Crippen molar-refractivity contribution in [1.29, 1.82) is 0 Å². The van der Waals surface area contributed by atoms with Gasteiger partial charge in [-0.15, -0.1) is 0 Å². The minimum Gasteiger partial charge on any atom is -0.481 e. The van der Waals surface area contributed by atoms with E-state index in [-0.39, 0.29) is 30.6 Å². The first-order chi connectivity index (χ1) is 10.3. The monoisotopic (exact) mass is 314 g/mol. The van der Waals surface area contributed by atoms with Gasteiger partial charge in [-0.3, -0.25) is 9.59 Å². The number of rotatable bonds is 12. The third kappa shape index (κ3) is 7.28. The van der Waals surface area contributed by atoms with Crippen LogP contribution in [0.5, 0.6) is 0 Å². The number of carboxylic acid groups (broad SMARTS) is 1. The number of hydrogen-bond acceptors (Lipinski definition) is 3. The zero-order chi connectivity index (χ0) is 17.2. The summed E-state index contributed by atoms with van der Waals surface area (Å²) in [6.07, 6.45) is 6.04. The van der Waals surface area contributed by atoms with Crippen LogP contribution in [0.15, 0.2) is 0 Å². The molecular weight excluding hydrogens is 280 g/mol. The molecule has 4 heteroatoms. The van der Waals surface area contributed by atoms with Gasteiger partial charge in [-0.05, 0) is 31.1 Å². The van der Waals surface area contributed by atoms with Crippen LogP contribution in [-0.2, 0) is 14.3 Å². The van der Waals surface area contributed by atoms with E-state index < -0.39 is 11.6 Å². The number of esters is 1. The Morgan fingerprint density at radius 2 is 1.55 bits per heavy atom. The van der Waals surface area contributed by atoms with Crippen molar-refractivity contribution < 1.29 is 19.4 Å². The van der Waals surface area contributed by atoms with Gasteiger partial charge in [-0.25, -0.2) is 0 Å². The zero-order valence-corrected chi connectivity index (χ0v) is 15.0. The topological polar surface area (TPSA) is 63.6 Å². The Hall–Kier alpha value is -1.06. The van der Waals surface area contributed by atoms with E-state index in [1.165, 1.54) is 12.8 Å². The van der Waals surface area contributed by atoms with Crippen molar-refractivity contribution in [3.63, 3.8) is 0 Å². The van der Waals surface area contributed by atoms with Gasteiger partial charge in [0, 0.05) is 12.8 Å². The lowest BCUT2D eigenvalue weighted by atomic mass is 9.76. The minimum absolute atomic E-state index is 0.0158. The minimum atomic E-state index is -0.869. The summed E-state index contributed by atoms with van der Waals surface area (Å²) < 4.78 is 5.89. The second-order valence-corrected chi connectivity index (χ2v) is 6.80. The molecule has 0 spiro atoms. The third-order valence-corrected chi connectivity index (χ3v) is 4.45. The summed E-state index contributed by atoms with van der Waals surface area (Å²) in [5.41, 5.74) is -0.436. The van der Waals surface area contributed by atoms with Crippen LogP contribution in [0.2, 0.25) is 0 Å². The van der Waals surface area contributed by atoms with Crippen LogP contribution in [0.3, 0.4) is 0 Å². The molecule has 0 aromatic carbocycles. The molecule has 1 N–H and O–H groups in total. The van der Waals surface area contributed by atoms with Crippen molar-refractivity contribution in [2.24, 2.45) is 11.8 Å². The Balaban J connectivity index is 4.69. The second kappa shape index (κ2) is 10.6. The molecule has 0 rings (SSSR count). The van der Waals surface area contributed by atoms with E-state index >= 15 is 0 Å². The van der Waals surface area contributed by atoms with E-state index in [1.54, 1.807) is 0 Å². The molecular formula is C18H34O4. The molecule has 0 heterocycles. The van der Waals surface area contributed by atoms with E-state index in [2.05, 4.69) is 34.6 Å². The molecule has 0 saturated heterocycles. The van der Waals surface area contributed by atoms with Gasteiger partial charge in [0.1, 0.15) is 5.60 Å². The summed E-state index contributed by atoms with van der Waals surface area (Å²) in [7, 11) is 0. The van der Waals surface area contributed by atoms with Crippen LogP contribution in [-0.4, -0.2) is 22.6 Å². The Bertz CT molecular complexity index is 326. The van der Waals surface area contributed by atoms with Crippen molar-refractivity contribution in [2.75, 3.05) is 0 Å². The van der Waals surface area contributed by atoms with Crippen molar-refractivity contribution >= 4 is 11.9 Å². The lowest BCUT2D eigenvalue weighted by Gasteiger charge is -2.41. The van der Waals surface area contributed by atoms with Gasteiger partial charge < -0.3 is 9.84 Å². The van der Waals surface area contributed by atoms with Crippen LogP contribution in [0.1, 0.15) is 86.0 Å². The molecule has 0 aliphatic carbocycles. The number of ether oxygens (including phenoxy) is 1. The zero-order valence-electron chi connectivity index (χ0n) is 15.0. The molecule has 0 saturated carbocycles. The standard InChI is InChI=1S/C18H34O4/c1-6-7-8-9-13-18(14(2)3,15(4)5)22-17(21)12-10-11-16(19)20/h14-15H,6-13H2,1-5H3,(H,19,20). The van der Waals surface area contributed by atoms with Crippen molar-refractivity contribution in [2.45, 2.75) is 91.6 Å². The van der Waals surface area contributed by atoms with Gasteiger partial charge in [-0.2, -0.15) is 0 Å². The molecule has 4 nitrogen and oxygen atoms in total. The fourth-order valence-electron chi connectivity index (χ4n) is 3.01.